The minimum absolute atomic E-state index is 0.0247. The predicted molar refractivity (Wildman–Crippen MR) is 117 cm³/mol. The van der Waals surface area contributed by atoms with E-state index in [9.17, 15) is 13.2 Å². The minimum atomic E-state index is -3.83. The van der Waals surface area contributed by atoms with Crippen molar-refractivity contribution in [2.75, 3.05) is 10.0 Å². The van der Waals surface area contributed by atoms with E-state index in [-0.39, 0.29) is 21.9 Å². The van der Waals surface area contributed by atoms with Crippen LogP contribution in [0.5, 0.6) is 0 Å². The van der Waals surface area contributed by atoms with E-state index in [2.05, 4.69) is 32.2 Å². The average molecular weight is 436 g/mol. The molecule has 0 fully saturated rings. The molecule has 0 aliphatic rings. The van der Waals surface area contributed by atoms with Crippen LogP contribution in [0.3, 0.4) is 0 Å². The molecule has 0 saturated carbocycles. The molecular formula is C19H25N5O3S2. The Bertz CT molecular complexity index is 956. The van der Waals surface area contributed by atoms with Gasteiger partial charge in [-0.05, 0) is 62.8 Å². The lowest BCUT2D eigenvalue weighted by atomic mass is 10.2. The Labute approximate surface area is 176 Å². The second kappa shape index (κ2) is 10.3. The van der Waals surface area contributed by atoms with Gasteiger partial charge < -0.3 is 10.6 Å². The summed E-state index contributed by atoms with van der Waals surface area (Å²) in [5, 5.41) is 5.65. The monoisotopic (exact) mass is 435 g/mol. The van der Waals surface area contributed by atoms with E-state index in [1.165, 1.54) is 12.1 Å². The quantitative estimate of drug-likeness (QED) is 0.431. The maximum Gasteiger partial charge on any atom is 0.264 e. The summed E-state index contributed by atoms with van der Waals surface area (Å²) in [4.78, 5) is 20.0. The van der Waals surface area contributed by atoms with Gasteiger partial charge in [-0.3, -0.25) is 4.79 Å². The summed E-state index contributed by atoms with van der Waals surface area (Å²) in [6.07, 6.45) is 3.26. The number of rotatable bonds is 8. The molecule has 1 heterocycles. The number of amides is 1. The number of anilines is 2. The van der Waals surface area contributed by atoms with Crippen LogP contribution in [0.15, 0.2) is 35.2 Å². The van der Waals surface area contributed by atoms with E-state index in [4.69, 9.17) is 12.2 Å². The molecule has 8 nitrogen and oxygen atoms in total. The Balaban J connectivity index is 1.98. The number of thiocarbonyl (C=S) groups is 1. The number of carbonyl (C=O) groups is 1. The molecule has 2 rings (SSSR count). The number of nitrogens with one attached hydrogen (secondary N) is 3. The first-order valence-electron chi connectivity index (χ1n) is 9.25. The fraction of sp³-hybridized carbons (Fsp3) is 0.368. The van der Waals surface area contributed by atoms with Gasteiger partial charge in [0.25, 0.3) is 10.0 Å². The van der Waals surface area contributed by atoms with Crippen molar-refractivity contribution in [2.45, 2.75) is 51.3 Å². The molecule has 0 radical (unpaired) electrons. The lowest BCUT2D eigenvalue weighted by molar-refractivity contribution is -0.119. The maximum absolute atomic E-state index is 12.5. The van der Waals surface area contributed by atoms with Crippen molar-refractivity contribution in [1.29, 1.82) is 0 Å². The van der Waals surface area contributed by atoms with Gasteiger partial charge in [-0.1, -0.05) is 19.8 Å². The largest absolute Gasteiger partial charge is 0.332 e. The van der Waals surface area contributed by atoms with Crippen molar-refractivity contribution in [3.05, 3.63) is 41.7 Å². The molecule has 0 spiro atoms. The summed E-state index contributed by atoms with van der Waals surface area (Å²) in [5.41, 5.74) is 1.89. The molecule has 10 heteroatoms. The van der Waals surface area contributed by atoms with Crippen LogP contribution in [0, 0.1) is 13.8 Å². The SMILES string of the molecule is CCCCCC(=O)NC(=S)Nc1ccc(S(=O)(=O)Nc2nc(C)cc(C)n2)cc1. The standard InChI is InChI=1S/C19H25N5O3S2/c1-4-5-6-7-17(25)23-19(28)22-15-8-10-16(11-9-15)29(26,27)24-18-20-13(2)12-14(3)21-18/h8-12H,4-7H2,1-3H3,(H,20,21,24)(H2,22,23,25,28). The molecule has 1 aromatic carbocycles. The summed E-state index contributed by atoms with van der Waals surface area (Å²) in [6, 6.07) is 7.74. The van der Waals surface area contributed by atoms with E-state index >= 15 is 0 Å². The molecular weight excluding hydrogens is 410 g/mol. The van der Waals surface area contributed by atoms with Crippen molar-refractivity contribution < 1.29 is 13.2 Å². The van der Waals surface area contributed by atoms with Crippen LogP contribution in [0.1, 0.15) is 44.0 Å². The Hall–Kier alpha value is -2.59. The summed E-state index contributed by atoms with van der Waals surface area (Å²) in [7, 11) is -3.83. The number of aromatic nitrogens is 2. The first-order chi connectivity index (χ1) is 13.7. The van der Waals surface area contributed by atoms with Gasteiger partial charge in [0.05, 0.1) is 4.90 Å². The van der Waals surface area contributed by atoms with Crippen LogP contribution >= 0.6 is 12.2 Å². The van der Waals surface area contributed by atoms with Gasteiger partial charge >= 0.3 is 0 Å². The van der Waals surface area contributed by atoms with Gasteiger partial charge in [-0.15, -0.1) is 0 Å². The highest BCUT2D eigenvalue weighted by atomic mass is 32.2. The molecule has 3 N–H and O–H groups in total. The van der Waals surface area contributed by atoms with E-state index < -0.39 is 10.0 Å². The summed E-state index contributed by atoms with van der Waals surface area (Å²) < 4.78 is 27.4. The first kappa shape index (κ1) is 22.7. The Morgan fingerprint density at radius 2 is 1.69 bits per heavy atom. The lowest BCUT2D eigenvalue weighted by Crippen LogP contribution is -2.33. The number of hydrogen-bond acceptors (Lipinski definition) is 6. The van der Waals surface area contributed by atoms with E-state index in [1.807, 2.05) is 0 Å². The maximum atomic E-state index is 12.5. The Morgan fingerprint density at radius 3 is 2.28 bits per heavy atom. The highest BCUT2D eigenvalue weighted by Crippen LogP contribution is 2.17. The van der Waals surface area contributed by atoms with E-state index in [0.717, 1.165) is 19.3 Å². The van der Waals surface area contributed by atoms with Gasteiger partial charge in [0.1, 0.15) is 0 Å². The van der Waals surface area contributed by atoms with Crippen molar-refractivity contribution in [2.24, 2.45) is 0 Å². The number of hydrogen-bond donors (Lipinski definition) is 3. The van der Waals surface area contributed by atoms with Crippen molar-refractivity contribution in [3.63, 3.8) is 0 Å². The number of unbranched alkanes of at least 4 members (excludes halogenated alkanes) is 2. The van der Waals surface area contributed by atoms with Crippen LogP contribution in [-0.2, 0) is 14.8 Å². The van der Waals surface area contributed by atoms with Gasteiger partial charge in [-0.25, -0.2) is 23.1 Å². The average Bonchev–Trinajstić information content (AvgIpc) is 2.61. The highest BCUT2D eigenvalue weighted by molar-refractivity contribution is 7.92. The number of sulfonamides is 1. The van der Waals surface area contributed by atoms with E-state index in [1.54, 1.807) is 32.0 Å². The molecule has 0 aliphatic heterocycles. The normalized spacial score (nSPS) is 11.0. The molecule has 0 aliphatic carbocycles. The van der Waals surface area contributed by atoms with Crippen LogP contribution in [-0.4, -0.2) is 29.4 Å². The third-order valence-corrected chi connectivity index (χ3v) is 5.44. The molecule has 1 amide bonds. The van der Waals surface area contributed by atoms with Crippen molar-refractivity contribution >= 4 is 44.9 Å². The third-order valence-electron chi connectivity index (χ3n) is 3.89. The molecule has 1 aromatic heterocycles. The third kappa shape index (κ3) is 7.39. The summed E-state index contributed by atoms with van der Waals surface area (Å²) >= 11 is 5.12. The molecule has 156 valence electrons. The number of carbonyl (C=O) groups excluding carboxylic acids is 1. The van der Waals surface area contributed by atoms with Crippen LogP contribution in [0.4, 0.5) is 11.6 Å². The van der Waals surface area contributed by atoms with Crippen molar-refractivity contribution in [1.82, 2.24) is 15.3 Å². The second-order valence-electron chi connectivity index (χ2n) is 6.56. The van der Waals surface area contributed by atoms with Gasteiger partial charge in [0, 0.05) is 23.5 Å². The number of benzene rings is 1. The zero-order valence-electron chi connectivity index (χ0n) is 16.7. The van der Waals surface area contributed by atoms with Crippen molar-refractivity contribution in [3.8, 4) is 0 Å². The van der Waals surface area contributed by atoms with Crippen LogP contribution in [0.25, 0.3) is 0 Å². The second-order valence-corrected chi connectivity index (χ2v) is 8.65. The lowest BCUT2D eigenvalue weighted by Gasteiger charge is -2.11. The fourth-order valence-electron chi connectivity index (χ4n) is 2.56. The summed E-state index contributed by atoms with van der Waals surface area (Å²) in [5.74, 6) is -0.121. The van der Waals surface area contributed by atoms with Crippen LogP contribution in [0.2, 0.25) is 0 Å². The molecule has 2 aromatic rings. The van der Waals surface area contributed by atoms with Crippen LogP contribution < -0.4 is 15.4 Å². The van der Waals surface area contributed by atoms with Gasteiger partial charge in [0.2, 0.25) is 11.9 Å². The van der Waals surface area contributed by atoms with Gasteiger partial charge in [-0.2, -0.15) is 0 Å². The van der Waals surface area contributed by atoms with E-state index in [0.29, 0.717) is 23.5 Å². The molecule has 0 atom stereocenters. The zero-order chi connectivity index (χ0) is 21.4. The Kier molecular flexibility index (Phi) is 8.03. The molecule has 0 bridgehead atoms. The fourth-order valence-corrected chi connectivity index (χ4v) is 3.73. The molecule has 0 unspecified atom stereocenters. The molecule has 29 heavy (non-hydrogen) atoms. The first-order valence-corrected chi connectivity index (χ1v) is 11.1. The highest BCUT2D eigenvalue weighted by Gasteiger charge is 2.16. The zero-order valence-corrected chi connectivity index (χ0v) is 18.3. The number of nitrogens with zero attached hydrogens (tertiary/aromatic N) is 2. The smallest absolute Gasteiger partial charge is 0.264 e. The number of aryl methyl sites for hydroxylation is 2. The minimum Gasteiger partial charge on any atom is -0.332 e. The Morgan fingerprint density at radius 1 is 1.07 bits per heavy atom. The summed E-state index contributed by atoms with van der Waals surface area (Å²) in [6.45, 7) is 5.59. The molecule has 0 saturated heterocycles. The van der Waals surface area contributed by atoms with Gasteiger partial charge in [0.15, 0.2) is 5.11 Å². The topological polar surface area (TPSA) is 113 Å². The predicted octanol–water partition coefficient (Wildman–Crippen LogP) is 3.29.